The third-order valence-corrected chi connectivity index (χ3v) is 5.73. The maximum atomic E-state index is 12.5. The van der Waals surface area contributed by atoms with E-state index in [1.165, 1.54) is 22.5 Å². The Morgan fingerprint density at radius 1 is 1.47 bits per heavy atom. The Morgan fingerprint density at radius 3 is 2.84 bits per heavy atom. The molecule has 1 unspecified atom stereocenters. The molecule has 0 aromatic heterocycles. The van der Waals surface area contributed by atoms with Gasteiger partial charge in [0, 0.05) is 11.0 Å². The molecular weight excluding hydrogens is 356 g/mol. The Kier molecular flexibility index (Phi) is 4.43. The van der Waals surface area contributed by atoms with Crippen molar-refractivity contribution in [2.75, 3.05) is 6.54 Å². The molecule has 0 spiro atoms. The number of hydrogen-bond donors (Lipinski definition) is 0. The first-order valence-corrected chi connectivity index (χ1v) is 8.12. The summed E-state index contributed by atoms with van der Waals surface area (Å²) in [6.07, 6.45) is 1.91. The first kappa shape index (κ1) is 14.7. The number of sulfonamides is 1. The number of hydrogen-bond acceptors (Lipinski definition) is 4. The van der Waals surface area contributed by atoms with Gasteiger partial charge in [-0.1, -0.05) is 27.5 Å². The third kappa shape index (κ3) is 2.90. The fraction of sp³-hybridized carbons (Fsp3) is 0.364. The summed E-state index contributed by atoms with van der Waals surface area (Å²) in [5.74, 6) is 0. The standard InChI is InChI=1S/C11H10BrClN2O3S/c12-8-3-4-10(9(13)6-8)19(17,18)15-5-1-2-11(15)14-7-16/h3-4,6,11H,1-2,5H2. The number of nitrogens with zero attached hydrogens (tertiary/aromatic N) is 2. The van der Waals surface area contributed by atoms with Crippen molar-refractivity contribution in [2.45, 2.75) is 23.9 Å². The molecule has 5 nitrogen and oxygen atoms in total. The van der Waals surface area contributed by atoms with Crippen LogP contribution < -0.4 is 0 Å². The Hall–Kier alpha value is -0.720. The van der Waals surface area contributed by atoms with E-state index in [1.54, 1.807) is 6.07 Å². The predicted molar refractivity (Wildman–Crippen MR) is 74.2 cm³/mol. The zero-order valence-corrected chi connectivity index (χ0v) is 12.9. The second-order valence-corrected chi connectivity index (χ2v) is 7.22. The number of aliphatic imine (C=N–C) groups is 1. The molecule has 0 aliphatic carbocycles. The molecule has 1 aliphatic rings. The van der Waals surface area contributed by atoms with Gasteiger partial charge >= 0.3 is 0 Å². The Balaban J connectivity index is 2.44. The van der Waals surface area contributed by atoms with Crippen LogP contribution in [0.5, 0.6) is 0 Å². The summed E-state index contributed by atoms with van der Waals surface area (Å²) in [6, 6.07) is 4.55. The van der Waals surface area contributed by atoms with Crippen LogP contribution in [0.4, 0.5) is 0 Å². The lowest BCUT2D eigenvalue weighted by Crippen LogP contribution is -2.34. The van der Waals surface area contributed by atoms with E-state index in [-0.39, 0.29) is 9.92 Å². The van der Waals surface area contributed by atoms with E-state index < -0.39 is 16.2 Å². The van der Waals surface area contributed by atoms with Crippen LogP contribution in [0.25, 0.3) is 0 Å². The number of carbonyl (C=O) groups excluding carboxylic acids is 1. The molecule has 1 heterocycles. The van der Waals surface area contributed by atoms with Gasteiger partial charge in [-0.25, -0.2) is 13.2 Å². The van der Waals surface area contributed by atoms with Crippen molar-refractivity contribution in [3.05, 3.63) is 27.7 Å². The summed E-state index contributed by atoms with van der Waals surface area (Å²) in [6.45, 7) is 0.324. The average molecular weight is 366 g/mol. The minimum Gasteiger partial charge on any atom is -0.211 e. The summed E-state index contributed by atoms with van der Waals surface area (Å²) in [5.41, 5.74) is 0. The quantitative estimate of drug-likeness (QED) is 0.611. The van der Waals surface area contributed by atoms with E-state index in [4.69, 9.17) is 11.6 Å². The molecule has 1 atom stereocenters. The molecule has 1 saturated heterocycles. The van der Waals surface area contributed by atoms with E-state index in [1.807, 2.05) is 0 Å². The molecule has 19 heavy (non-hydrogen) atoms. The van der Waals surface area contributed by atoms with Crippen LogP contribution in [0.15, 0.2) is 32.6 Å². The van der Waals surface area contributed by atoms with Gasteiger partial charge in [-0.15, -0.1) is 0 Å². The van der Waals surface area contributed by atoms with Gasteiger partial charge in [0.05, 0.1) is 5.02 Å². The Bertz CT molecular complexity index is 643. The average Bonchev–Trinajstić information content (AvgIpc) is 2.78. The molecule has 0 saturated carbocycles. The van der Waals surface area contributed by atoms with Crippen LogP contribution in [-0.2, 0) is 14.8 Å². The normalized spacial score (nSPS) is 20.2. The number of halogens is 2. The van der Waals surface area contributed by atoms with E-state index in [2.05, 4.69) is 20.9 Å². The summed E-state index contributed by atoms with van der Waals surface area (Å²) in [7, 11) is -3.75. The largest absolute Gasteiger partial charge is 0.246 e. The van der Waals surface area contributed by atoms with Gasteiger partial charge in [0.1, 0.15) is 11.1 Å². The second kappa shape index (κ2) is 5.73. The molecule has 1 aromatic rings. The van der Waals surface area contributed by atoms with E-state index >= 15 is 0 Å². The molecule has 1 fully saturated rings. The van der Waals surface area contributed by atoms with Crippen LogP contribution in [0.1, 0.15) is 12.8 Å². The molecular formula is C11H10BrClN2O3S. The van der Waals surface area contributed by atoms with Gasteiger partial charge in [0.2, 0.25) is 16.1 Å². The molecule has 1 aromatic carbocycles. The van der Waals surface area contributed by atoms with Crippen LogP contribution >= 0.6 is 27.5 Å². The minimum absolute atomic E-state index is 0.0189. The lowest BCUT2D eigenvalue weighted by Gasteiger charge is -2.20. The van der Waals surface area contributed by atoms with Gasteiger partial charge in [-0.2, -0.15) is 9.30 Å². The summed E-state index contributed by atoms with van der Waals surface area (Å²) in [5, 5.41) is 0.134. The van der Waals surface area contributed by atoms with E-state index in [0.717, 1.165) is 0 Å². The molecule has 1 aliphatic heterocycles. The molecule has 0 bridgehead atoms. The lowest BCUT2D eigenvalue weighted by molar-refractivity contribution is 0.396. The number of benzene rings is 1. The maximum absolute atomic E-state index is 12.5. The lowest BCUT2D eigenvalue weighted by atomic mass is 10.3. The fourth-order valence-corrected chi connectivity index (χ4v) is 4.61. The molecule has 8 heteroatoms. The van der Waals surface area contributed by atoms with Crippen LogP contribution in [-0.4, -0.2) is 31.5 Å². The minimum atomic E-state index is -3.75. The summed E-state index contributed by atoms with van der Waals surface area (Å²) < 4.78 is 26.9. The third-order valence-electron chi connectivity index (χ3n) is 2.86. The maximum Gasteiger partial charge on any atom is 0.246 e. The van der Waals surface area contributed by atoms with Gasteiger partial charge < -0.3 is 0 Å². The number of isocyanates is 1. The van der Waals surface area contributed by atoms with Gasteiger partial charge in [-0.05, 0) is 31.0 Å². The molecule has 0 N–H and O–H groups in total. The highest BCUT2D eigenvalue weighted by Crippen LogP contribution is 2.31. The van der Waals surface area contributed by atoms with Crippen molar-refractivity contribution in [2.24, 2.45) is 4.99 Å². The highest BCUT2D eigenvalue weighted by atomic mass is 79.9. The van der Waals surface area contributed by atoms with Crippen molar-refractivity contribution in [3.8, 4) is 0 Å². The van der Waals surface area contributed by atoms with Gasteiger partial charge in [0.25, 0.3) is 0 Å². The highest BCUT2D eigenvalue weighted by molar-refractivity contribution is 9.10. The van der Waals surface area contributed by atoms with Crippen LogP contribution in [0, 0.1) is 0 Å². The Labute approximate surface area is 124 Å². The van der Waals surface area contributed by atoms with Crippen molar-refractivity contribution in [1.29, 1.82) is 0 Å². The molecule has 102 valence electrons. The van der Waals surface area contributed by atoms with Crippen molar-refractivity contribution in [1.82, 2.24) is 4.31 Å². The molecule has 0 amide bonds. The van der Waals surface area contributed by atoms with Crippen LogP contribution in [0.2, 0.25) is 5.02 Å². The van der Waals surface area contributed by atoms with Crippen molar-refractivity contribution < 1.29 is 13.2 Å². The zero-order valence-electron chi connectivity index (χ0n) is 9.71. The topological polar surface area (TPSA) is 66.8 Å². The van der Waals surface area contributed by atoms with E-state index in [0.29, 0.717) is 23.9 Å². The second-order valence-electron chi connectivity index (χ2n) is 4.03. The number of rotatable bonds is 3. The first-order valence-electron chi connectivity index (χ1n) is 5.50. The van der Waals surface area contributed by atoms with Crippen molar-refractivity contribution >= 4 is 43.6 Å². The summed E-state index contributed by atoms with van der Waals surface area (Å²) in [4.78, 5) is 13.9. The van der Waals surface area contributed by atoms with Gasteiger partial charge in [-0.3, -0.25) is 0 Å². The summed E-state index contributed by atoms with van der Waals surface area (Å²) >= 11 is 9.19. The molecule has 0 radical (unpaired) electrons. The smallest absolute Gasteiger partial charge is 0.211 e. The highest BCUT2D eigenvalue weighted by Gasteiger charge is 2.36. The zero-order chi connectivity index (χ0) is 14.0. The van der Waals surface area contributed by atoms with E-state index in [9.17, 15) is 13.2 Å². The first-order chi connectivity index (χ1) is 8.96. The SMILES string of the molecule is O=C=NC1CCCN1S(=O)(=O)c1ccc(Br)cc1Cl. The fourth-order valence-electron chi connectivity index (χ4n) is 2.00. The predicted octanol–water partition coefficient (Wildman–Crippen LogP) is 2.55. The molecule has 2 rings (SSSR count). The van der Waals surface area contributed by atoms with Crippen LogP contribution in [0.3, 0.4) is 0 Å². The Morgan fingerprint density at radius 2 is 2.21 bits per heavy atom. The monoisotopic (exact) mass is 364 g/mol. The van der Waals surface area contributed by atoms with Crippen molar-refractivity contribution in [3.63, 3.8) is 0 Å². The van der Waals surface area contributed by atoms with Gasteiger partial charge in [0.15, 0.2) is 0 Å².